The standard InChI is InChI=1S/C16H23ClN2O/c1-11-7-8-13(14(17)9-11)16(20)19-15(10-18)12-5-3-2-4-6-12/h7-9,12,15H,2-6,10,18H2,1H3,(H,19,20). The third-order valence-corrected chi connectivity index (χ3v) is 4.47. The van der Waals surface area contributed by atoms with E-state index < -0.39 is 0 Å². The second-order valence-corrected chi connectivity index (χ2v) is 6.10. The second-order valence-electron chi connectivity index (χ2n) is 5.70. The van der Waals surface area contributed by atoms with Gasteiger partial charge >= 0.3 is 0 Å². The van der Waals surface area contributed by atoms with Crippen molar-refractivity contribution in [3.63, 3.8) is 0 Å². The SMILES string of the molecule is Cc1ccc(C(=O)NC(CN)C2CCCCC2)c(Cl)c1. The van der Waals surface area contributed by atoms with Crippen molar-refractivity contribution in [3.8, 4) is 0 Å². The number of nitrogens with two attached hydrogens (primary N) is 1. The van der Waals surface area contributed by atoms with Crippen molar-refractivity contribution in [2.75, 3.05) is 6.54 Å². The molecule has 1 aromatic rings. The number of aryl methyl sites for hydroxylation is 1. The Labute approximate surface area is 125 Å². The normalized spacial score (nSPS) is 17.8. The number of hydrogen-bond acceptors (Lipinski definition) is 2. The molecule has 1 amide bonds. The highest BCUT2D eigenvalue weighted by atomic mass is 35.5. The number of nitrogens with one attached hydrogen (secondary N) is 1. The van der Waals surface area contributed by atoms with Crippen LogP contribution in [0.3, 0.4) is 0 Å². The first-order valence-corrected chi connectivity index (χ1v) is 7.76. The molecule has 1 aliphatic carbocycles. The number of benzene rings is 1. The molecule has 1 aliphatic rings. The Morgan fingerprint density at radius 3 is 2.70 bits per heavy atom. The summed E-state index contributed by atoms with van der Waals surface area (Å²) in [4.78, 5) is 12.3. The van der Waals surface area contributed by atoms with Crippen molar-refractivity contribution in [2.24, 2.45) is 11.7 Å². The van der Waals surface area contributed by atoms with Crippen LogP contribution in [0.5, 0.6) is 0 Å². The van der Waals surface area contributed by atoms with Gasteiger partial charge in [-0.15, -0.1) is 0 Å². The highest BCUT2D eigenvalue weighted by Gasteiger charge is 2.24. The third kappa shape index (κ3) is 3.74. The summed E-state index contributed by atoms with van der Waals surface area (Å²) in [6, 6.07) is 5.55. The summed E-state index contributed by atoms with van der Waals surface area (Å²) in [5.41, 5.74) is 7.43. The molecule has 3 nitrogen and oxygen atoms in total. The van der Waals surface area contributed by atoms with E-state index in [4.69, 9.17) is 17.3 Å². The van der Waals surface area contributed by atoms with Gasteiger partial charge in [0.1, 0.15) is 0 Å². The first kappa shape index (κ1) is 15.3. The molecule has 1 atom stereocenters. The Morgan fingerprint density at radius 1 is 1.40 bits per heavy atom. The maximum absolute atomic E-state index is 12.3. The zero-order valence-corrected chi connectivity index (χ0v) is 12.7. The van der Waals surface area contributed by atoms with Crippen LogP contribution >= 0.6 is 11.6 Å². The Kier molecular flexibility index (Phi) is 5.44. The summed E-state index contributed by atoms with van der Waals surface area (Å²) >= 11 is 6.14. The van der Waals surface area contributed by atoms with Crippen LogP contribution in [-0.4, -0.2) is 18.5 Å². The largest absolute Gasteiger partial charge is 0.348 e. The van der Waals surface area contributed by atoms with Gasteiger partial charge in [-0.25, -0.2) is 0 Å². The fourth-order valence-corrected chi connectivity index (χ4v) is 3.28. The van der Waals surface area contributed by atoms with Gasteiger partial charge in [0.2, 0.25) is 0 Å². The molecule has 0 aliphatic heterocycles. The van der Waals surface area contributed by atoms with E-state index in [9.17, 15) is 4.79 Å². The molecule has 0 spiro atoms. The summed E-state index contributed by atoms with van der Waals surface area (Å²) in [7, 11) is 0. The second kappa shape index (κ2) is 7.09. The fourth-order valence-electron chi connectivity index (χ4n) is 2.96. The Hall–Kier alpha value is -1.06. The lowest BCUT2D eigenvalue weighted by atomic mass is 9.84. The van der Waals surface area contributed by atoms with E-state index in [2.05, 4.69) is 5.32 Å². The average Bonchev–Trinajstić information content (AvgIpc) is 2.45. The average molecular weight is 295 g/mol. The van der Waals surface area contributed by atoms with Crippen LogP contribution in [-0.2, 0) is 0 Å². The minimum absolute atomic E-state index is 0.0557. The number of hydrogen-bond donors (Lipinski definition) is 2. The molecule has 0 bridgehead atoms. The molecule has 1 aromatic carbocycles. The molecule has 3 N–H and O–H groups in total. The zero-order valence-electron chi connectivity index (χ0n) is 12.0. The predicted octanol–water partition coefficient (Wildman–Crippen LogP) is 3.29. The van der Waals surface area contributed by atoms with Crippen LogP contribution in [0.15, 0.2) is 18.2 Å². The molecular formula is C16H23ClN2O. The molecule has 20 heavy (non-hydrogen) atoms. The van der Waals surface area contributed by atoms with Crippen LogP contribution in [0.25, 0.3) is 0 Å². The van der Waals surface area contributed by atoms with Crippen LogP contribution in [0, 0.1) is 12.8 Å². The van der Waals surface area contributed by atoms with Gasteiger partial charge in [0, 0.05) is 12.6 Å². The van der Waals surface area contributed by atoms with Crippen molar-refractivity contribution in [2.45, 2.75) is 45.1 Å². The lowest BCUT2D eigenvalue weighted by molar-refractivity contribution is 0.0915. The van der Waals surface area contributed by atoms with Crippen molar-refractivity contribution in [1.82, 2.24) is 5.32 Å². The molecule has 110 valence electrons. The van der Waals surface area contributed by atoms with E-state index in [1.807, 2.05) is 19.1 Å². The molecule has 1 saturated carbocycles. The maximum Gasteiger partial charge on any atom is 0.253 e. The fraction of sp³-hybridized carbons (Fsp3) is 0.562. The monoisotopic (exact) mass is 294 g/mol. The van der Waals surface area contributed by atoms with E-state index >= 15 is 0 Å². The van der Waals surface area contributed by atoms with Gasteiger partial charge in [-0.1, -0.05) is 36.9 Å². The lowest BCUT2D eigenvalue weighted by Gasteiger charge is -2.30. The first-order chi connectivity index (χ1) is 9.61. The minimum atomic E-state index is -0.115. The van der Waals surface area contributed by atoms with Crippen molar-refractivity contribution >= 4 is 17.5 Å². The van der Waals surface area contributed by atoms with Crippen LogP contribution in [0.2, 0.25) is 5.02 Å². The van der Waals surface area contributed by atoms with E-state index in [-0.39, 0.29) is 11.9 Å². The molecule has 2 rings (SSSR count). The number of carbonyl (C=O) groups excluding carboxylic acids is 1. The number of amides is 1. The molecule has 1 unspecified atom stereocenters. The van der Waals surface area contributed by atoms with E-state index in [1.165, 1.54) is 19.3 Å². The van der Waals surface area contributed by atoms with Crippen molar-refractivity contribution < 1.29 is 4.79 Å². The van der Waals surface area contributed by atoms with Crippen LogP contribution in [0.4, 0.5) is 0 Å². The third-order valence-electron chi connectivity index (χ3n) is 4.16. The van der Waals surface area contributed by atoms with Gasteiger partial charge in [-0.05, 0) is 43.4 Å². The zero-order chi connectivity index (χ0) is 14.5. The molecule has 0 saturated heterocycles. The number of rotatable bonds is 4. The Balaban J connectivity index is 2.04. The smallest absolute Gasteiger partial charge is 0.253 e. The molecule has 0 radical (unpaired) electrons. The van der Waals surface area contributed by atoms with Crippen molar-refractivity contribution in [3.05, 3.63) is 34.3 Å². The van der Waals surface area contributed by atoms with Gasteiger partial charge < -0.3 is 11.1 Å². The lowest BCUT2D eigenvalue weighted by Crippen LogP contribution is -2.46. The molecule has 1 fully saturated rings. The van der Waals surface area contributed by atoms with Crippen molar-refractivity contribution in [1.29, 1.82) is 0 Å². The molecular weight excluding hydrogens is 272 g/mol. The van der Waals surface area contributed by atoms with Gasteiger partial charge in [-0.3, -0.25) is 4.79 Å². The van der Waals surface area contributed by atoms with Crippen LogP contribution in [0.1, 0.15) is 48.0 Å². The van der Waals surface area contributed by atoms with Gasteiger partial charge in [-0.2, -0.15) is 0 Å². The number of halogens is 1. The maximum atomic E-state index is 12.3. The Bertz CT molecular complexity index is 470. The molecule has 0 aromatic heterocycles. The van der Waals surface area contributed by atoms with Crippen LogP contribution < -0.4 is 11.1 Å². The molecule has 0 heterocycles. The minimum Gasteiger partial charge on any atom is -0.348 e. The molecule has 4 heteroatoms. The Morgan fingerprint density at radius 2 is 2.10 bits per heavy atom. The predicted molar refractivity (Wildman–Crippen MR) is 83.1 cm³/mol. The van der Waals surface area contributed by atoms with Gasteiger partial charge in [0.25, 0.3) is 5.91 Å². The van der Waals surface area contributed by atoms with E-state index in [0.717, 1.165) is 18.4 Å². The summed E-state index contributed by atoms with van der Waals surface area (Å²) in [6.45, 7) is 2.44. The highest BCUT2D eigenvalue weighted by molar-refractivity contribution is 6.33. The van der Waals surface area contributed by atoms with E-state index in [1.54, 1.807) is 6.07 Å². The van der Waals surface area contributed by atoms with E-state index in [0.29, 0.717) is 23.0 Å². The summed E-state index contributed by atoms with van der Waals surface area (Å²) in [5.74, 6) is 0.387. The summed E-state index contributed by atoms with van der Waals surface area (Å²) < 4.78 is 0. The van der Waals surface area contributed by atoms with Gasteiger partial charge in [0.15, 0.2) is 0 Å². The highest BCUT2D eigenvalue weighted by Crippen LogP contribution is 2.26. The summed E-state index contributed by atoms with van der Waals surface area (Å²) in [5, 5.41) is 3.57. The topological polar surface area (TPSA) is 55.1 Å². The quantitative estimate of drug-likeness (QED) is 0.895. The van der Waals surface area contributed by atoms with Gasteiger partial charge in [0.05, 0.1) is 10.6 Å². The number of carbonyl (C=O) groups is 1. The summed E-state index contributed by atoms with van der Waals surface area (Å²) in [6.07, 6.45) is 6.09. The first-order valence-electron chi connectivity index (χ1n) is 7.39.